The Balaban J connectivity index is 1.90. The van der Waals surface area contributed by atoms with Crippen molar-refractivity contribution < 1.29 is 0 Å². The number of piperidine rings is 1. The molecule has 1 aliphatic rings. The Morgan fingerprint density at radius 1 is 1.37 bits per heavy atom. The maximum absolute atomic E-state index is 5.15. The molecule has 1 aliphatic heterocycles. The number of hydrogen-bond donors (Lipinski definition) is 2. The van der Waals surface area contributed by atoms with Crippen LogP contribution >= 0.6 is 12.2 Å². The van der Waals surface area contributed by atoms with Gasteiger partial charge in [0.05, 0.1) is 11.9 Å². The Bertz CT molecular complexity index is 424. The minimum absolute atomic E-state index is 0.590. The molecule has 0 amide bonds. The Kier molecular flexibility index (Phi) is 5.15. The molecule has 0 bridgehead atoms. The fourth-order valence-corrected chi connectivity index (χ4v) is 2.31. The lowest BCUT2D eigenvalue weighted by molar-refractivity contribution is 0.573. The van der Waals surface area contributed by atoms with E-state index in [-0.39, 0.29) is 0 Å². The Hall–Kier alpha value is -1.62. The number of rotatable bonds is 4. The van der Waals surface area contributed by atoms with Crippen LogP contribution in [0, 0.1) is 0 Å². The van der Waals surface area contributed by atoms with Crippen molar-refractivity contribution in [3.05, 3.63) is 31.0 Å². The molecule has 102 valence electrons. The average Bonchev–Trinajstić information content (AvgIpc) is 2.47. The standard InChI is InChI=1S/C14H20N4S/c1-2-8-15-14(19)17-12-6-7-13(16-11-12)18-9-4-3-5-10-18/h2,6-7,11H,1,3-5,8-10H2,(H2,15,17,19). The molecule has 2 heterocycles. The summed E-state index contributed by atoms with van der Waals surface area (Å²) in [6.07, 6.45) is 7.45. The molecule has 0 radical (unpaired) electrons. The van der Waals surface area contributed by atoms with Gasteiger partial charge in [0.1, 0.15) is 5.82 Å². The van der Waals surface area contributed by atoms with Crippen LogP contribution in [-0.2, 0) is 0 Å². The molecule has 4 nitrogen and oxygen atoms in total. The lowest BCUT2D eigenvalue weighted by Crippen LogP contribution is -2.30. The highest BCUT2D eigenvalue weighted by molar-refractivity contribution is 7.80. The molecule has 0 atom stereocenters. The average molecular weight is 276 g/mol. The van der Waals surface area contributed by atoms with E-state index in [1.165, 1.54) is 19.3 Å². The number of thiocarbonyl (C=S) groups is 1. The summed E-state index contributed by atoms with van der Waals surface area (Å²) in [6.45, 7) is 6.51. The van der Waals surface area contributed by atoms with Gasteiger partial charge in [-0.15, -0.1) is 6.58 Å². The smallest absolute Gasteiger partial charge is 0.171 e. The highest BCUT2D eigenvalue weighted by Crippen LogP contribution is 2.18. The second kappa shape index (κ2) is 7.09. The molecular weight excluding hydrogens is 256 g/mol. The van der Waals surface area contributed by atoms with Gasteiger partial charge in [0, 0.05) is 19.6 Å². The molecule has 1 aromatic heterocycles. The molecule has 0 aliphatic carbocycles. The first-order valence-electron chi connectivity index (χ1n) is 6.66. The van der Waals surface area contributed by atoms with Crippen LogP contribution in [0.25, 0.3) is 0 Å². The van der Waals surface area contributed by atoms with Crippen molar-refractivity contribution >= 4 is 28.8 Å². The van der Waals surface area contributed by atoms with Crippen molar-refractivity contribution in [3.63, 3.8) is 0 Å². The minimum atomic E-state index is 0.590. The molecule has 0 unspecified atom stereocenters. The third-order valence-electron chi connectivity index (χ3n) is 3.09. The first kappa shape index (κ1) is 13.8. The van der Waals surface area contributed by atoms with Gasteiger partial charge in [-0.3, -0.25) is 0 Å². The SMILES string of the molecule is C=CCNC(=S)Nc1ccc(N2CCCCC2)nc1. The van der Waals surface area contributed by atoms with Gasteiger partial charge in [0.25, 0.3) is 0 Å². The third-order valence-corrected chi connectivity index (χ3v) is 3.34. The summed E-state index contributed by atoms with van der Waals surface area (Å²) in [5.41, 5.74) is 0.905. The van der Waals surface area contributed by atoms with E-state index in [4.69, 9.17) is 12.2 Å². The van der Waals surface area contributed by atoms with Crippen molar-refractivity contribution in [1.29, 1.82) is 0 Å². The summed E-state index contributed by atoms with van der Waals surface area (Å²) in [6, 6.07) is 4.06. The van der Waals surface area contributed by atoms with E-state index in [0.29, 0.717) is 11.7 Å². The number of nitrogens with one attached hydrogen (secondary N) is 2. The molecule has 1 fully saturated rings. The fourth-order valence-electron chi connectivity index (χ4n) is 2.11. The highest BCUT2D eigenvalue weighted by atomic mass is 32.1. The molecule has 0 saturated carbocycles. The van der Waals surface area contributed by atoms with Gasteiger partial charge in [-0.2, -0.15) is 0 Å². The molecule has 5 heteroatoms. The topological polar surface area (TPSA) is 40.2 Å². The molecule has 0 spiro atoms. The van der Waals surface area contributed by atoms with Crippen LogP contribution in [0.1, 0.15) is 19.3 Å². The summed E-state index contributed by atoms with van der Waals surface area (Å²) >= 11 is 5.15. The van der Waals surface area contributed by atoms with Crippen LogP contribution < -0.4 is 15.5 Å². The molecule has 0 aromatic carbocycles. The summed E-state index contributed by atoms with van der Waals surface area (Å²) in [4.78, 5) is 6.83. The largest absolute Gasteiger partial charge is 0.359 e. The van der Waals surface area contributed by atoms with Gasteiger partial charge in [0.15, 0.2) is 5.11 Å². The Morgan fingerprint density at radius 3 is 2.79 bits per heavy atom. The lowest BCUT2D eigenvalue weighted by atomic mass is 10.1. The zero-order valence-corrected chi connectivity index (χ0v) is 11.9. The fraction of sp³-hybridized carbons (Fsp3) is 0.429. The van der Waals surface area contributed by atoms with Crippen molar-refractivity contribution in [2.75, 3.05) is 29.9 Å². The first-order chi connectivity index (χ1) is 9.29. The van der Waals surface area contributed by atoms with Gasteiger partial charge >= 0.3 is 0 Å². The lowest BCUT2D eigenvalue weighted by Gasteiger charge is -2.27. The number of aromatic nitrogens is 1. The van der Waals surface area contributed by atoms with Crippen molar-refractivity contribution in [2.45, 2.75) is 19.3 Å². The van der Waals surface area contributed by atoms with E-state index < -0.39 is 0 Å². The first-order valence-corrected chi connectivity index (χ1v) is 7.07. The van der Waals surface area contributed by atoms with Gasteiger partial charge in [-0.05, 0) is 43.6 Å². The van der Waals surface area contributed by atoms with Crippen LogP contribution in [0.15, 0.2) is 31.0 Å². The van der Waals surface area contributed by atoms with Crippen LogP contribution in [0.2, 0.25) is 0 Å². The van der Waals surface area contributed by atoms with Gasteiger partial charge < -0.3 is 15.5 Å². The highest BCUT2D eigenvalue weighted by Gasteiger charge is 2.11. The van der Waals surface area contributed by atoms with E-state index in [2.05, 4.69) is 27.1 Å². The molecule has 19 heavy (non-hydrogen) atoms. The van der Waals surface area contributed by atoms with E-state index in [0.717, 1.165) is 24.6 Å². The van der Waals surface area contributed by atoms with Gasteiger partial charge in [0.2, 0.25) is 0 Å². The van der Waals surface area contributed by atoms with E-state index in [1.807, 2.05) is 18.3 Å². The number of nitrogens with zero attached hydrogens (tertiary/aromatic N) is 2. The summed E-state index contributed by atoms with van der Waals surface area (Å²) in [5.74, 6) is 1.05. The number of anilines is 2. The van der Waals surface area contributed by atoms with E-state index in [1.54, 1.807) is 6.08 Å². The molecule has 1 aromatic rings. The van der Waals surface area contributed by atoms with Gasteiger partial charge in [-0.1, -0.05) is 6.08 Å². The molecule has 2 rings (SSSR count). The maximum atomic E-state index is 5.15. The van der Waals surface area contributed by atoms with Crippen molar-refractivity contribution in [2.24, 2.45) is 0 Å². The van der Waals surface area contributed by atoms with Crippen molar-refractivity contribution in [1.82, 2.24) is 10.3 Å². The predicted molar refractivity (Wildman–Crippen MR) is 84.7 cm³/mol. The Labute approximate surface area is 119 Å². The second-order valence-electron chi connectivity index (χ2n) is 4.58. The third kappa shape index (κ3) is 4.21. The van der Waals surface area contributed by atoms with Crippen molar-refractivity contribution in [3.8, 4) is 0 Å². The summed E-state index contributed by atoms with van der Waals surface area (Å²) in [5, 5.41) is 6.71. The normalized spacial score (nSPS) is 14.8. The van der Waals surface area contributed by atoms with E-state index >= 15 is 0 Å². The number of pyridine rings is 1. The predicted octanol–water partition coefficient (Wildman–Crippen LogP) is 2.54. The molecule has 1 saturated heterocycles. The summed E-state index contributed by atoms with van der Waals surface area (Å²) in [7, 11) is 0. The zero-order valence-electron chi connectivity index (χ0n) is 11.1. The monoisotopic (exact) mass is 276 g/mol. The maximum Gasteiger partial charge on any atom is 0.171 e. The Morgan fingerprint density at radius 2 is 2.16 bits per heavy atom. The summed E-state index contributed by atoms with van der Waals surface area (Å²) < 4.78 is 0. The molecule has 2 N–H and O–H groups in total. The number of hydrogen-bond acceptors (Lipinski definition) is 3. The second-order valence-corrected chi connectivity index (χ2v) is 4.98. The quantitative estimate of drug-likeness (QED) is 0.653. The van der Waals surface area contributed by atoms with Crippen LogP contribution in [-0.4, -0.2) is 29.7 Å². The zero-order chi connectivity index (χ0) is 13.5. The van der Waals surface area contributed by atoms with Gasteiger partial charge in [-0.25, -0.2) is 4.98 Å². The van der Waals surface area contributed by atoms with Crippen LogP contribution in [0.5, 0.6) is 0 Å². The van der Waals surface area contributed by atoms with E-state index in [9.17, 15) is 0 Å². The van der Waals surface area contributed by atoms with Crippen LogP contribution in [0.4, 0.5) is 11.5 Å². The minimum Gasteiger partial charge on any atom is -0.359 e. The van der Waals surface area contributed by atoms with Crippen LogP contribution in [0.3, 0.4) is 0 Å². The molecular formula is C14H20N4S.